The van der Waals surface area contributed by atoms with Gasteiger partial charge in [0.15, 0.2) is 0 Å². The summed E-state index contributed by atoms with van der Waals surface area (Å²) < 4.78 is 38.3. The van der Waals surface area contributed by atoms with Crippen molar-refractivity contribution in [3.63, 3.8) is 0 Å². The molecule has 0 bridgehead atoms. The Morgan fingerprint density at radius 1 is 0.885 bits per heavy atom. The van der Waals surface area contributed by atoms with Crippen LogP contribution in [0, 0.1) is 0 Å². The maximum atomic E-state index is 12.8. The van der Waals surface area contributed by atoms with Crippen molar-refractivity contribution in [2.75, 3.05) is 0 Å². The Morgan fingerprint density at radius 2 is 1.54 bits per heavy atom. The van der Waals surface area contributed by atoms with Crippen LogP contribution in [0.25, 0.3) is 22.3 Å². The first-order chi connectivity index (χ1) is 12.2. The lowest BCUT2D eigenvalue weighted by Gasteiger charge is -2.22. The summed E-state index contributed by atoms with van der Waals surface area (Å²) in [6.07, 6.45) is -2.64. The second-order valence-corrected chi connectivity index (χ2v) is 7.34. The van der Waals surface area contributed by atoms with Crippen LogP contribution >= 0.6 is 11.6 Å². The lowest BCUT2D eigenvalue weighted by molar-refractivity contribution is -0.137. The number of pyridine rings is 1. The van der Waals surface area contributed by atoms with Crippen LogP contribution in [0.2, 0.25) is 5.15 Å². The fourth-order valence-corrected chi connectivity index (χ4v) is 4.11. The lowest BCUT2D eigenvalue weighted by Crippen LogP contribution is -2.16. The molecule has 0 N–H and O–H groups in total. The van der Waals surface area contributed by atoms with E-state index in [9.17, 15) is 13.2 Å². The van der Waals surface area contributed by atoms with Gasteiger partial charge in [-0.05, 0) is 52.1 Å². The summed E-state index contributed by atoms with van der Waals surface area (Å²) in [6.45, 7) is 4.17. The van der Waals surface area contributed by atoms with E-state index in [4.69, 9.17) is 11.6 Å². The van der Waals surface area contributed by atoms with Crippen molar-refractivity contribution in [3.05, 3.63) is 76.6 Å². The molecule has 0 radical (unpaired) electrons. The van der Waals surface area contributed by atoms with Gasteiger partial charge in [-0.15, -0.1) is 0 Å². The summed E-state index contributed by atoms with van der Waals surface area (Å²) in [5, 5.41) is 0.486. The molecule has 4 rings (SSSR count). The Morgan fingerprint density at radius 3 is 2.19 bits per heavy atom. The molecule has 0 spiro atoms. The standard InChI is InChI=1S/C21H15ClF3N/c1-20(2)17-11-13(12-3-6-14(7-4-12)21(23,24)25)5-8-15(17)16-9-10-26-19(22)18(16)20/h3-11H,1-2H3. The number of benzene rings is 2. The number of aromatic nitrogens is 1. The van der Waals surface area contributed by atoms with Gasteiger partial charge in [-0.25, -0.2) is 4.98 Å². The van der Waals surface area contributed by atoms with Crippen LogP contribution in [0.1, 0.15) is 30.5 Å². The van der Waals surface area contributed by atoms with Gasteiger partial charge in [0, 0.05) is 17.2 Å². The molecule has 0 amide bonds. The maximum absolute atomic E-state index is 12.8. The zero-order chi connectivity index (χ0) is 18.7. The van der Waals surface area contributed by atoms with Crippen LogP contribution in [-0.2, 0) is 11.6 Å². The third-order valence-electron chi connectivity index (χ3n) is 5.06. The van der Waals surface area contributed by atoms with Gasteiger partial charge in [-0.1, -0.05) is 49.7 Å². The van der Waals surface area contributed by atoms with E-state index in [0.717, 1.165) is 45.5 Å². The van der Waals surface area contributed by atoms with E-state index in [-0.39, 0.29) is 5.41 Å². The van der Waals surface area contributed by atoms with Gasteiger partial charge in [0.25, 0.3) is 0 Å². The number of rotatable bonds is 1. The SMILES string of the molecule is CC1(C)c2cc(-c3ccc(C(F)(F)F)cc3)ccc2-c2ccnc(Cl)c21. The third-order valence-corrected chi connectivity index (χ3v) is 5.34. The van der Waals surface area contributed by atoms with Crippen LogP contribution in [-0.4, -0.2) is 4.98 Å². The van der Waals surface area contributed by atoms with E-state index in [1.165, 1.54) is 12.1 Å². The fraction of sp³-hybridized carbons (Fsp3) is 0.190. The highest BCUT2D eigenvalue weighted by Gasteiger charge is 2.38. The molecule has 0 atom stereocenters. The van der Waals surface area contributed by atoms with Crippen molar-refractivity contribution < 1.29 is 13.2 Å². The Bertz CT molecular complexity index is 1000. The Labute approximate surface area is 154 Å². The molecule has 132 valence electrons. The smallest absolute Gasteiger partial charge is 0.244 e. The minimum absolute atomic E-state index is 0.321. The lowest BCUT2D eigenvalue weighted by atomic mass is 9.82. The van der Waals surface area contributed by atoms with Gasteiger partial charge in [0.05, 0.1) is 5.56 Å². The van der Waals surface area contributed by atoms with Crippen LogP contribution < -0.4 is 0 Å². The molecule has 1 nitrogen and oxygen atoms in total. The van der Waals surface area contributed by atoms with Gasteiger partial charge >= 0.3 is 6.18 Å². The molecule has 26 heavy (non-hydrogen) atoms. The van der Waals surface area contributed by atoms with E-state index in [0.29, 0.717) is 5.15 Å². The summed E-state index contributed by atoms with van der Waals surface area (Å²) in [6, 6.07) is 13.2. The quantitative estimate of drug-likeness (QED) is 0.431. The molecule has 3 aromatic rings. The number of halogens is 4. The monoisotopic (exact) mass is 373 g/mol. The normalized spacial score (nSPS) is 14.8. The summed E-state index contributed by atoms with van der Waals surface area (Å²) in [5.41, 5.74) is 4.89. The molecule has 2 aromatic carbocycles. The van der Waals surface area contributed by atoms with Crippen molar-refractivity contribution in [2.24, 2.45) is 0 Å². The average molecular weight is 374 g/mol. The number of nitrogens with zero attached hydrogens (tertiary/aromatic N) is 1. The second-order valence-electron chi connectivity index (χ2n) is 6.98. The van der Waals surface area contributed by atoms with E-state index >= 15 is 0 Å². The molecular weight excluding hydrogens is 359 g/mol. The summed E-state index contributed by atoms with van der Waals surface area (Å²) >= 11 is 6.34. The third kappa shape index (κ3) is 2.52. The first-order valence-corrected chi connectivity index (χ1v) is 8.55. The van der Waals surface area contributed by atoms with Crippen LogP contribution in [0.4, 0.5) is 13.2 Å². The molecule has 1 aromatic heterocycles. The molecule has 0 unspecified atom stereocenters. The van der Waals surface area contributed by atoms with Gasteiger partial charge < -0.3 is 0 Å². The summed E-state index contributed by atoms with van der Waals surface area (Å²) in [7, 11) is 0. The highest BCUT2D eigenvalue weighted by molar-refractivity contribution is 6.31. The molecule has 0 saturated heterocycles. The fourth-order valence-electron chi connectivity index (χ4n) is 3.72. The highest BCUT2D eigenvalue weighted by Crippen LogP contribution is 2.51. The first-order valence-electron chi connectivity index (χ1n) is 8.17. The van der Waals surface area contributed by atoms with E-state index < -0.39 is 11.7 Å². The zero-order valence-corrected chi connectivity index (χ0v) is 14.9. The van der Waals surface area contributed by atoms with Crippen molar-refractivity contribution in [3.8, 4) is 22.3 Å². The second kappa shape index (κ2) is 5.58. The molecule has 5 heteroatoms. The Kier molecular flexibility index (Phi) is 3.67. The van der Waals surface area contributed by atoms with Crippen molar-refractivity contribution in [2.45, 2.75) is 25.4 Å². The molecule has 0 aliphatic heterocycles. The van der Waals surface area contributed by atoms with Gasteiger partial charge in [-0.2, -0.15) is 13.2 Å². The van der Waals surface area contributed by atoms with Crippen molar-refractivity contribution >= 4 is 11.6 Å². The molecule has 0 saturated carbocycles. The van der Waals surface area contributed by atoms with Gasteiger partial charge in [0.1, 0.15) is 5.15 Å². The largest absolute Gasteiger partial charge is 0.416 e. The molecule has 0 fully saturated rings. The number of hydrogen-bond donors (Lipinski definition) is 0. The van der Waals surface area contributed by atoms with Crippen LogP contribution in [0.3, 0.4) is 0 Å². The zero-order valence-electron chi connectivity index (χ0n) is 14.2. The van der Waals surface area contributed by atoms with Crippen molar-refractivity contribution in [1.29, 1.82) is 0 Å². The predicted molar refractivity (Wildman–Crippen MR) is 97.2 cm³/mol. The summed E-state index contributed by atoms with van der Waals surface area (Å²) in [4.78, 5) is 4.20. The first kappa shape index (κ1) is 17.1. The van der Waals surface area contributed by atoms with Crippen LogP contribution in [0.15, 0.2) is 54.7 Å². The summed E-state index contributed by atoms with van der Waals surface area (Å²) in [5.74, 6) is 0. The minimum Gasteiger partial charge on any atom is -0.244 e. The maximum Gasteiger partial charge on any atom is 0.416 e. The van der Waals surface area contributed by atoms with E-state index in [1.807, 2.05) is 24.3 Å². The topological polar surface area (TPSA) is 12.9 Å². The number of fused-ring (bicyclic) bond motifs is 3. The number of alkyl halides is 3. The average Bonchev–Trinajstić information content (AvgIpc) is 2.83. The van der Waals surface area contributed by atoms with Gasteiger partial charge in [-0.3, -0.25) is 0 Å². The highest BCUT2D eigenvalue weighted by atomic mass is 35.5. The van der Waals surface area contributed by atoms with Gasteiger partial charge in [0.2, 0.25) is 0 Å². The Hall–Kier alpha value is -2.33. The molecule has 1 aliphatic rings. The van der Waals surface area contributed by atoms with Crippen LogP contribution in [0.5, 0.6) is 0 Å². The predicted octanol–water partition coefficient (Wildman–Crippen LogP) is 6.73. The molecular formula is C21H15ClF3N. The number of hydrogen-bond acceptors (Lipinski definition) is 1. The van der Waals surface area contributed by atoms with E-state index in [2.05, 4.69) is 18.8 Å². The minimum atomic E-state index is -4.33. The van der Waals surface area contributed by atoms with E-state index in [1.54, 1.807) is 6.20 Å². The Balaban J connectivity index is 1.82. The molecule has 1 aliphatic carbocycles. The molecule has 1 heterocycles. The van der Waals surface area contributed by atoms with Crippen molar-refractivity contribution in [1.82, 2.24) is 4.98 Å².